The van der Waals surface area contributed by atoms with Crippen LogP contribution in [0.15, 0.2) is 54.6 Å². The summed E-state index contributed by atoms with van der Waals surface area (Å²) in [5.74, 6) is -0.722. The van der Waals surface area contributed by atoms with Crippen molar-refractivity contribution in [2.24, 2.45) is 0 Å². The zero-order valence-corrected chi connectivity index (χ0v) is 31.9. The third-order valence-electron chi connectivity index (χ3n) is 8.19. The molecule has 0 spiro atoms. The van der Waals surface area contributed by atoms with E-state index in [0.29, 0.717) is 28.5 Å². The van der Waals surface area contributed by atoms with Crippen molar-refractivity contribution in [2.45, 2.75) is 84.2 Å². The van der Waals surface area contributed by atoms with E-state index in [1.54, 1.807) is 23.5 Å². The highest BCUT2D eigenvalue weighted by Crippen LogP contribution is 2.39. The van der Waals surface area contributed by atoms with Gasteiger partial charge < -0.3 is 13.9 Å². The average Bonchev–Trinajstić information content (AvgIpc) is 3.04. The van der Waals surface area contributed by atoms with Crippen molar-refractivity contribution in [2.75, 3.05) is 25.6 Å². The van der Waals surface area contributed by atoms with Crippen LogP contribution >= 0.6 is 12.2 Å². The van der Waals surface area contributed by atoms with Crippen molar-refractivity contribution < 1.29 is 37.1 Å². The van der Waals surface area contributed by atoms with E-state index in [2.05, 4.69) is 33.9 Å². The molecular formula is C36H48FN3O7SSi. The maximum absolute atomic E-state index is 14.7. The van der Waals surface area contributed by atoms with E-state index in [1.165, 1.54) is 32.4 Å². The molecule has 0 saturated carbocycles. The Morgan fingerprint density at radius 1 is 1.04 bits per heavy atom. The largest absolute Gasteiger partial charge is 0.488 e. The van der Waals surface area contributed by atoms with E-state index in [1.807, 2.05) is 44.2 Å². The molecule has 0 radical (unpaired) electrons. The Kier molecular flexibility index (Phi) is 14.5. The SMILES string of the molecule is COOSN(C)c1nc(-c2ccc(F)cc2OCc2ccccc2)c(/C=C/C(=O)C[C@@H](CC(=O)OC)O[Si](C)(C)C(C)(C)C)c(C(C)C)n1. The first-order valence-electron chi connectivity index (χ1n) is 16.0. The fourth-order valence-corrected chi connectivity index (χ4v) is 6.22. The zero-order chi connectivity index (χ0) is 36.4. The molecule has 49 heavy (non-hydrogen) atoms. The Hall–Kier alpha value is -3.62. The van der Waals surface area contributed by atoms with Gasteiger partial charge >= 0.3 is 5.97 Å². The maximum atomic E-state index is 14.7. The molecular weight excluding hydrogens is 666 g/mol. The van der Waals surface area contributed by atoms with Gasteiger partial charge in [-0.25, -0.2) is 19.2 Å². The lowest BCUT2D eigenvalue weighted by Crippen LogP contribution is -2.44. The van der Waals surface area contributed by atoms with Gasteiger partial charge in [-0.2, -0.15) is 0 Å². The number of rotatable bonds is 17. The molecule has 1 atom stereocenters. The molecule has 0 aliphatic heterocycles. The molecule has 0 unspecified atom stereocenters. The molecule has 10 nitrogen and oxygen atoms in total. The van der Waals surface area contributed by atoms with E-state index < -0.39 is 26.2 Å². The molecule has 266 valence electrons. The van der Waals surface area contributed by atoms with E-state index in [4.69, 9.17) is 33.1 Å². The zero-order valence-electron chi connectivity index (χ0n) is 30.0. The van der Waals surface area contributed by atoms with Gasteiger partial charge in [0.2, 0.25) is 5.95 Å². The smallest absolute Gasteiger partial charge is 0.308 e. The highest BCUT2D eigenvalue weighted by molar-refractivity contribution is 7.95. The minimum Gasteiger partial charge on any atom is -0.488 e. The van der Waals surface area contributed by atoms with Crippen LogP contribution < -0.4 is 9.04 Å². The average molecular weight is 714 g/mol. The predicted molar refractivity (Wildman–Crippen MR) is 194 cm³/mol. The number of aromatic nitrogens is 2. The molecule has 0 bridgehead atoms. The standard InChI is InChI=1S/C36H48FN3O7SSi/c1-24(2)33-30(19-17-27(41)21-28(22-32(42)43-7)46-49(9,10)36(3,4)5)34(39-35(38-33)40(6)48-47-44-8)29-18-16-26(37)20-31(29)45-23-25-14-12-11-13-15-25/h11-20,24,28H,21-23H2,1-10H3/b19-17+/t28-/m0/s1. The molecule has 1 aromatic heterocycles. The van der Waals surface area contributed by atoms with E-state index >= 15 is 0 Å². The number of halogens is 1. The van der Waals surface area contributed by atoms with E-state index in [0.717, 1.165) is 17.8 Å². The summed E-state index contributed by atoms with van der Waals surface area (Å²) in [6, 6.07) is 13.8. The van der Waals surface area contributed by atoms with Gasteiger partial charge in [-0.05, 0) is 53.9 Å². The summed E-state index contributed by atoms with van der Waals surface area (Å²) in [6.45, 7) is 14.6. The number of ketones is 1. The normalized spacial score (nSPS) is 12.7. The van der Waals surface area contributed by atoms with Crippen LogP contribution in [0, 0.1) is 5.82 Å². The van der Waals surface area contributed by atoms with Crippen LogP contribution in [0.5, 0.6) is 5.75 Å². The van der Waals surface area contributed by atoms with Crippen molar-refractivity contribution in [1.29, 1.82) is 0 Å². The van der Waals surface area contributed by atoms with Crippen LogP contribution in [-0.4, -0.2) is 57.4 Å². The predicted octanol–water partition coefficient (Wildman–Crippen LogP) is 8.49. The van der Waals surface area contributed by atoms with Gasteiger partial charge in [0.15, 0.2) is 26.3 Å². The van der Waals surface area contributed by atoms with Crippen LogP contribution in [-0.2, 0) is 34.6 Å². The maximum Gasteiger partial charge on any atom is 0.308 e. The van der Waals surface area contributed by atoms with Gasteiger partial charge in [-0.3, -0.25) is 13.9 Å². The topological polar surface area (TPSA) is 109 Å². The Balaban J connectivity index is 2.12. The van der Waals surface area contributed by atoms with Gasteiger partial charge in [0.1, 0.15) is 18.2 Å². The molecule has 2 aromatic carbocycles. The highest BCUT2D eigenvalue weighted by atomic mass is 32.2. The summed E-state index contributed by atoms with van der Waals surface area (Å²) in [6.07, 6.45) is 2.39. The van der Waals surface area contributed by atoms with E-state index in [-0.39, 0.29) is 41.9 Å². The van der Waals surface area contributed by atoms with Crippen LogP contribution in [0.25, 0.3) is 17.3 Å². The second kappa shape index (κ2) is 17.9. The third-order valence-corrected chi connectivity index (χ3v) is 13.3. The first-order chi connectivity index (χ1) is 23.1. The van der Waals surface area contributed by atoms with Crippen molar-refractivity contribution >= 4 is 44.3 Å². The summed E-state index contributed by atoms with van der Waals surface area (Å²) in [5.41, 5.74) is 3.03. The number of methoxy groups -OCH3 is 1. The quantitative estimate of drug-likeness (QED) is 0.0256. The molecule has 3 aromatic rings. The first-order valence-corrected chi connectivity index (χ1v) is 19.6. The molecule has 0 N–H and O–H groups in total. The van der Waals surface area contributed by atoms with Gasteiger partial charge in [0.05, 0.1) is 38.1 Å². The number of esters is 1. The van der Waals surface area contributed by atoms with Crippen LogP contribution in [0.1, 0.15) is 70.2 Å². The number of hydrogen-bond acceptors (Lipinski definition) is 11. The number of nitrogens with zero attached hydrogens (tertiary/aromatic N) is 3. The fraction of sp³-hybridized carbons (Fsp3) is 0.444. The minimum absolute atomic E-state index is 0.0287. The van der Waals surface area contributed by atoms with Crippen LogP contribution in [0.4, 0.5) is 10.3 Å². The Bertz CT molecular complexity index is 1600. The molecule has 0 amide bonds. The van der Waals surface area contributed by atoms with Crippen LogP contribution in [0.3, 0.4) is 0 Å². The summed E-state index contributed by atoms with van der Waals surface area (Å²) < 4.78 is 38.9. The van der Waals surface area contributed by atoms with Gasteiger partial charge in [-0.15, -0.1) is 4.33 Å². The second-order valence-electron chi connectivity index (χ2n) is 13.3. The minimum atomic E-state index is -2.32. The van der Waals surface area contributed by atoms with Crippen molar-refractivity contribution in [3.8, 4) is 17.0 Å². The Labute approximate surface area is 294 Å². The summed E-state index contributed by atoms with van der Waals surface area (Å²) in [5, 5.41) is -0.129. The van der Waals surface area contributed by atoms with Gasteiger partial charge in [-0.1, -0.05) is 65.0 Å². The number of anilines is 1. The number of carbonyl (C=O) groups excluding carboxylic acids is 2. The van der Waals surface area contributed by atoms with Crippen molar-refractivity contribution in [3.63, 3.8) is 0 Å². The number of ether oxygens (including phenoxy) is 2. The first kappa shape index (κ1) is 39.8. The molecule has 13 heteroatoms. The molecule has 0 aliphatic carbocycles. The lowest BCUT2D eigenvalue weighted by atomic mass is 9.97. The summed E-state index contributed by atoms with van der Waals surface area (Å²) in [4.78, 5) is 40.3. The number of hydrogen-bond donors (Lipinski definition) is 0. The number of benzene rings is 2. The third kappa shape index (κ3) is 11.5. The Morgan fingerprint density at radius 3 is 2.35 bits per heavy atom. The lowest BCUT2D eigenvalue weighted by molar-refractivity contribution is -0.160. The summed E-state index contributed by atoms with van der Waals surface area (Å²) >= 11 is 0.886. The number of allylic oxidation sites excluding steroid dienone is 1. The Morgan fingerprint density at radius 2 is 1.73 bits per heavy atom. The molecule has 1 heterocycles. The molecule has 0 fully saturated rings. The molecule has 0 saturated heterocycles. The molecule has 0 aliphatic rings. The van der Waals surface area contributed by atoms with Gasteiger partial charge in [0.25, 0.3) is 0 Å². The monoisotopic (exact) mass is 713 g/mol. The molecule has 3 rings (SSSR count). The fourth-order valence-electron chi connectivity index (χ4n) is 4.57. The van der Waals surface area contributed by atoms with E-state index in [9.17, 15) is 14.0 Å². The van der Waals surface area contributed by atoms with Crippen LogP contribution in [0.2, 0.25) is 18.1 Å². The number of carbonyl (C=O) groups is 2. The lowest BCUT2D eigenvalue weighted by Gasteiger charge is -2.39. The summed E-state index contributed by atoms with van der Waals surface area (Å²) in [7, 11) is 2.10. The van der Waals surface area contributed by atoms with Crippen molar-refractivity contribution in [1.82, 2.24) is 9.97 Å². The van der Waals surface area contributed by atoms with Gasteiger partial charge in [0, 0.05) is 30.7 Å². The van der Waals surface area contributed by atoms with Crippen molar-refractivity contribution in [3.05, 3.63) is 77.2 Å². The highest BCUT2D eigenvalue weighted by Gasteiger charge is 2.40. The second-order valence-corrected chi connectivity index (χ2v) is 18.9.